The van der Waals surface area contributed by atoms with E-state index in [0.717, 1.165) is 50.2 Å². The molecule has 2 aliphatic heterocycles. The zero-order chi connectivity index (χ0) is 16.5. The Bertz CT molecular complexity index is 418. The highest BCUT2D eigenvalue weighted by Gasteiger charge is 2.26. The van der Waals surface area contributed by atoms with Gasteiger partial charge in [-0.1, -0.05) is 12.8 Å². The lowest BCUT2D eigenvalue weighted by Crippen LogP contribution is -2.40. The average molecular weight is 350 g/mol. The van der Waals surface area contributed by atoms with Crippen molar-refractivity contribution in [2.45, 2.75) is 44.6 Å². The Morgan fingerprint density at radius 3 is 2.30 bits per heavy atom. The van der Waals surface area contributed by atoms with Crippen LogP contribution in [0.1, 0.15) is 38.5 Å². The number of unbranched alkanes of at least 4 members (excludes halogenated alkanes) is 3. The maximum atomic E-state index is 11.0. The van der Waals surface area contributed by atoms with Gasteiger partial charge in [-0.2, -0.15) is 12.7 Å². The minimum absolute atomic E-state index is 0.126. The monoisotopic (exact) mass is 350 g/mol. The van der Waals surface area contributed by atoms with Crippen LogP contribution in [0, 0.1) is 0 Å². The minimum atomic E-state index is -4.03. The van der Waals surface area contributed by atoms with E-state index in [0.29, 0.717) is 25.9 Å². The number of hydrogen-bond acceptors (Lipinski definition) is 5. The van der Waals surface area contributed by atoms with E-state index in [9.17, 15) is 8.42 Å². The van der Waals surface area contributed by atoms with Crippen LogP contribution in [0.15, 0.2) is 0 Å². The Morgan fingerprint density at radius 2 is 1.65 bits per heavy atom. The molecule has 1 N–H and O–H groups in total. The van der Waals surface area contributed by atoms with Crippen LogP contribution >= 0.6 is 0 Å². The topological polar surface area (TPSA) is 79.3 Å². The van der Waals surface area contributed by atoms with Crippen molar-refractivity contribution in [3.63, 3.8) is 0 Å². The van der Waals surface area contributed by atoms with Crippen molar-refractivity contribution in [3.05, 3.63) is 0 Å². The molecule has 0 aromatic carbocycles. The van der Waals surface area contributed by atoms with Crippen molar-refractivity contribution in [3.8, 4) is 0 Å². The smallest absolute Gasteiger partial charge is 0.335 e. The van der Waals surface area contributed by atoms with Crippen molar-refractivity contribution in [1.82, 2.24) is 9.21 Å². The molecule has 0 unspecified atom stereocenters. The molecule has 0 bridgehead atoms. The quantitative estimate of drug-likeness (QED) is 0.497. The molecule has 2 fully saturated rings. The molecule has 2 aliphatic rings. The first-order valence-corrected chi connectivity index (χ1v) is 10.1. The molecule has 7 nitrogen and oxygen atoms in total. The lowest BCUT2D eigenvalue weighted by atomic mass is 10.1. The van der Waals surface area contributed by atoms with Crippen LogP contribution in [0.5, 0.6) is 0 Å². The standard InChI is InChI=1S/C15H30N2O5S/c18-23(19,20)17-8-5-15(6-9-17)22-12-4-2-1-3-7-16-10-13-21-14-11-16/h15H,1-14H2,(H,18,19,20). The molecule has 0 saturated carbocycles. The zero-order valence-electron chi connectivity index (χ0n) is 13.9. The number of hydrogen-bond donors (Lipinski definition) is 1. The highest BCUT2D eigenvalue weighted by molar-refractivity contribution is 7.83. The Kier molecular flexibility index (Phi) is 8.22. The number of ether oxygens (including phenoxy) is 2. The van der Waals surface area contributed by atoms with E-state index in [4.69, 9.17) is 14.0 Å². The molecular weight excluding hydrogens is 320 g/mol. The predicted molar refractivity (Wildman–Crippen MR) is 87.8 cm³/mol. The summed E-state index contributed by atoms with van der Waals surface area (Å²) in [5, 5.41) is 0. The van der Waals surface area contributed by atoms with Gasteiger partial charge in [0.25, 0.3) is 0 Å². The molecule has 2 saturated heterocycles. The van der Waals surface area contributed by atoms with Crippen LogP contribution in [0.25, 0.3) is 0 Å². The van der Waals surface area contributed by atoms with Crippen LogP contribution in [0.2, 0.25) is 0 Å². The fourth-order valence-electron chi connectivity index (χ4n) is 3.10. The summed E-state index contributed by atoms with van der Waals surface area (Å²) in [6, 6.07) is 0. The molecule has 0 aromatic rings. The summed E-state index contributed by atoms with van der Waals surface area (Å²) in [5.74, 6) is 0. The normalized spacial score (nSPS) is 22.5. The molecular formula is C15H30N2O5S. The Labute approximate surface area is 139 Å². The van der Waals surface area contributed by atoms with Crippen molar-refractivity contribution in [2.75, 3.05) is 52.5 Å². The van der Waals surface area contributed by atoms with Gasteiger partial charge < -0.3 is 9.47 Å². The highest BCUT2D eigenvalue weighted by atomic mass is 32.2. The van der Waals surface area contributed by atoms with Crippen LogP contribution in [-0.2, 0) is 19.8 Å². The zero-order valence-corrected chi connectivity index (χ0v) is 14.7. The molecule has 0 radical (unpaired) electrons. The van der Waals surface area contributed by atoms with Gasteiger partial charge in [0.2, 0.25) is 0 Å². The van der Waals surface area contributed by atoms with Gasteiger partial charge in [-0.25, -0.2) is 0 Å². The molecule has 2 heterocycles. The maximum Gasteiger partial charge on any atom is 0.335 e. The van der Waals surface area contributed by atoms with E-state index in [1.54, 1.807) is 0 Å². The summed E-state index contributed by atoms with van der Waals surface area (Å²) in [4.78, 5) is 2.46. The molecule has 0 aliphatic carbocycles. The first-order chi connectivity index (χ1) is 11.1. The minimum Gasteiger partial charge on any atom is -0.379 e. The van der Waals surface area contributed by atoms with Crippen LogP contribution in [-0.4, -0.2) is 80.8 Å². The predicted octanol–water partition coefficient (Wildman–Crippen LogP) is 1.16. The van der Waals surface area contributed by atoms with Gasteiger partial charge in [0.15, 0.2) is 0 Å². The third kappa shape index (κ3) is 7.45. The second-order valence-corrected chi connectivity index (χ2v) is 7.73. The first-order valence-electron chi connectivity index (χ1n) is 8.70. The van der Waals surface area contributed by atoms with Crippen LogP contribution in [0.4, 0.5) is 0 Å². The second-order valence-electron chi connectivity index (χ2n) is 6.32. The van der Waals surface area contributed by atoms with E-state index in [1.807, 2.05) is 0 Å². The molecule has 0 atom stereocenters. The number of morpholine rings is 1. The molecule has 2 rings (SSSR count). The fraction of sp³-hybridized carbons (Fsp3) is 1.00. The summed E-state index contributed by atoms with van der Waals surface area (Å²) in [5.41, 5.74) is 0. The van der Waals surface area contributed by atoms with E-state index >= 15 is 0 Å². The first kappa shape index (κ1) is 19.1. The Morgan fingerprint density at radius 1 is 1.00 bits per heavy atom. The summed E-state index contributed by atoms with van der Waals surface area (Å²) in [6.45, 7) is 6.46. The Hall–Kier alpha value is -0.250. The maximum absolute atomic E-state index is 11.0. The van der Waals surface area contributed by atoms with Crippen LogP contribution in [0.3, 0.4) is 0 Å². The summed E-state index contributed by atoms with van der Waals surface area (Å²) in [6.07, 6.45) is 6.14. The summed E-state index contributed by atoms with van der Waals surface area (Å²) < 4.78 is 43.2. The number of nitrogens with zero attached hydrogens (tertiary/aromatic N) is 2. The summed E-state index contributed by atoms with van der Waals surface area (Å²) >= 11 is 0. The molecule has 0 aromatic heterocycles. The molecule has 8 heteroatoms. The van der Waals surface area contributed by atoms with Crippen LogP contribution < -0.4 is 0 Å². The van der Waals surface area contributed by atoms with E-state index in [2.05, 4.69) is 4.90 Å². The highest BCUT2D eigenvalue weighted by Crippen LogP contribution is 2.16. The van der Waals surface area contributed by atoms with Crippen molar-refractivity contribution in [2.24, 2.45) is 0 Å². The molecule has 23 heavy (non-hydrogen) atoms. The lowest BCUT2D eigenvalue weighted by molar-refractivity contribution is 0.0178. The average Bonchev–Trinajstić information content (AvgIpc) is 2.54. The number of piperidine rings is 1. The fourth-order valence-corrected chi connectivity index (χ4v) is 3.77. The third-order valence-corrected chi connectivity index (χ3v) is 5.57. The van der Waals surface area contributed by atoms with E-state index < -0.39 is 10.3 Å². The number of rotatable bonds is 9. The van der Waals surface area contributed by atoms with Gasteiger partial charge in [-0.15, -0.1) is 0 Å². The molecule has 136 valence electrons. The van der Waals surface area contributed by atoms with Gasteiger partial charge in [0.05, 0.1) is 19.3 Å². The third-order valence-electron chi connectivity index (χ3n) is 4.55. The summed E-state index contributed by atoms with van der Waals surface area (Å²) in [7, 11) is -4.03. The van der Waals surface area contributed by atoms with E-state index in [-0.39, 0.29) is 6.10 Å². The molecule has 0 spiro atoms. The SMILES string of the molecule is O=S(=O)(O)N1CCC(OCCCCCCN2CCOCC2)CC1. The molecule has 0 amide bonds. The van der Waals surface area contributed by atoms with Crippen molar-refractivity contribution in [1.29, 1.82) is 0 Å². The largest absolute Gasteiger partial charge is 0.379 e. The van der Waals surface area contributed by atoms with E-state index in [1.165, 1.54) is 19.3 Å². The lowest BCUT2D eigenvalue weighted by Gasteiger charge is -2.29. The van der Waals surface area contributed by atoms with Gasteiger partial charge >= 0.3 is 10.3 Å². The van der Waals surface area contributed by atoms with Gasteiger partial charge in [0, 0.05) is 32.8 Å². The van der Waals surface area contributed by atoms with Crippen molar-refractivity contribution < 1.29 is 22.4 Å². The second kappa shape index (κ2) is 9.90. The van der Waals surface area contributed by atoms with Gasteiger partial charge in [-0.3, -0.25) is 9.45 Å². The van der Waals surface area contributed by atoms with Gasteiger partial charge in [0.1, 0.15) is 0 Å². The van der Waals surface area contributed by atoms with Gasteiger partial charge in [-0.05, 0) is 32.2 Å². The van der Waals surface area contributed by atoms with Crippen molar-refractivity contribution >= 4 is 10.3 Å². The Balaban J connectivity index is 1.42.